The number of benzene rings is 1. The van der Waals surface area contributed by atoms with Gasteiger partial charge in [0.05, 0.1) is 0 Å². The third kappa shape index (κ3) is 4.93. The summed E-state index contributed by atoms with van der Waals surface area (Å²) in [6.07, 6.45) is 0.553. The lowest BCUT2D eigenvalue weighted by molar-refractivity contribution is -0.135. The molecule has 1 aromatic carbocycles. The van der Waals surface area contributed by atoms with Crippen molar-refractivity contribution in [1.29, 1.82) is 0 Å². The smallest absolute Gasteiger partial charge is 0.223 e. The summed E-state index contributed by atoms with van der Waals surface area (Å²) in [5, 5.41) is 0. The molecule has 0 spiro atoms. The van der Waals surface area contributed by atoms with Crippen LogP contribution in [0.5, 0.6) is 0 Å². The molecule has 1 aromatic rings. The van der Waals surface area contributed by atoms with E-state index in [1.807, 2.05) is 43.0 Å². The monoisotopic (exact) mass is 262 g/mol. The van der Waals surface area contributed by atoms with Crippen molar-refractivity contribution in [3.8, 4) is 0 Å². The van der Waals surface area contributed by atoms with Gasteiger partial charge < -0.3 is 10.6 Å². The Hall–Kier alpha value is -1.51. The number of nitrogens with zero attached hydrogens (tertiary/aromatic N) is 1. The fourth-order valence-corrected chi connectivity index (χ4v) is 1.98. The maximum Gasteiger partial charge on any atom is 0.223 e. The number of rotatable bonds is 4. The van der Waals surface area contributed by atoms with Gasteiger partial charge in [0, 0.05) is 24.7 Å². The number of hydrogen-bond donors (Lipinski definition) is 1. The molecule has 0 atom stereocenters. The number of nitrogens with two attached hydrogens (primary N) is 1. The number of amides is 1. The lowest BCUT2D eigenvalue weighted by Gasteiger charge is -2.30. The molecular formula is C16H26N2O. The van der Waals surface area contributed by atoms with Crippen LogP contribution in [0, 0.1) is 5.41 Å². The van der Waals surface area contributed by atoms with Crippen molar-refractivity contribution in [1.82, 2.24) is 4.90 Å². The first-order chi connectivity index (χ1) is 8.70. The highest BCUT2D eigenvalue weighted by molar-refractivity contribution is 5.77. The van der Waals surface area contributed by atoms with Gasteiger partial charge in [0.2, 0.25) is 5.91 Å². The SMILES string of the molecule is CC(C)N(Cc1ccccc1N)C(=O)CC(C)(C)C. The first-order valence-electron chi connectivity index (χ1n) is 6.83. The molecule has 19 heavy (non-hydrogen) atoms. The van der Waals surface area contributed by atoms with Crippen LogP contribution < -0.4 is 5.73 Å². The molecule has 0 fully saturated rings. The van der Waals surface area contributed by atoms with E-state index < -0.39 is 0 Å². The molecule has 0 aliphatic carbocycles. The van der Waals surface area contributed by atoms with Crippen LogP contribution in [0.25, 0.3) is 0 Å². The van der Waals surface area contributed by atoms with Crippen LogP contribution in [-0.2, 0) is 11.3 Å². The predicted molar refractivity (Wildman–Crippen MR) is 80.6 cm³/mol. The van der Waals surface area contributed by atoms with Crippen LogP contribution in [0.2, 0.25) is 0 Å². The average molecular weight is 262 g/mol. The van der Waals surface area contributed by atoms with Crippen LogP contribution in [0.15, 0.2) is 24.3 Å². The van der Waals surface area contributed by atoms with Gasteiger partial charge in [-0.1, -0.05) is 39.0 Å². The van der Waals surface area contributed by atoms with Crippen molar-refractivity contribution in [3.05, 3.63) is 29.8 Å². The molecule has 0 saturated heterocycles. The Balaban J connectivity index is 2.85. The molecule has 0 radical (unpaired) electrons. The molecule has 0 aliphatic rings. The van der Waals surface area contributed by atoms with Gasteiger partial charge in [-0.3, -0.25) is 4.79 Å². The zero-order valence-electron chi connectivity index (χ0n) is 12.7. The fourth-order valence-electron chi connectivity index (χ4n) is 1.98. The molecule has 0 saturated carbocycles. The van der Waals surface area contributed by atoms with Crippen molar-refractivity contribution >= 4 is 11.6 Å². The summed E-state index contributed by atoms with van der Waals surface area (Å²) in [6.45, 7) is 10.9. The van der Waals surface area contributed by atoms with E-state index in [1.165, 1.54) is 0 Å². The first kappa shape index (κ1) is 15.5. The molecule has 0 unspecified atom stereocenters. The lowest BCUT2D eigenvalue weighted by Crippen LogP contribution is -2.38. The molecule has 2 N–H and O–H groups in total. The second-order valence-electron chi connectivity index (χ2n) is 6.55. The van der Waals surface area contributed by atoms with E-state index in [0.29, 0.717) is 13.0 Å². The summed E-state index contributed by atoms with van der Waals surface area (Å²) in [5.41, 5.74) is 7.72. The number of hydrogen-bond acceptors (Lipinski definition) is 2. The van der Waals surface area contributed by atoms with Crippen LogP contribution in [0.1, 0.15) is 46.6 Å². The minimum atomic E-state index is 0.00640. The largest absolute Gasteiger partial charge is 0.398 e. The van der Waals surface area contributed by atoms with Crippen molar-refractivity contribution in [2.24, 2.45) is 5.41 Å². The normalized spacial score (nSPS) is 11.7. The molecule has 3 heteroatoms. The number of carbonyl (C=O) groups excluding carboxylic acids is 1. The molecule has 1 amide bonds. The van der Waals surface area contributed by atoms with Crippen LogP contribution in [-0.4, -0.2) is 16.8 Å². The number of nitrogen functional groups attached to an aromatic ring is 1. The summed E-state index contributed by atoms with van der Waals surface area (Å²) in [4.78, 5) is 14.3. The topological polar surface area (TPSA) is 46.3 Å². The van der Waals surface area contributed by atoms with E-state index >= 15 is 0 Å². The molecular weight excluding hydrogens is 236 g/mol. The molecule has 0 bridgehead atoms. The Kier molecular flexibility index (Phi) is 4.98. The van der Waals surface area contributed by atoms with E-state index in [2.05, 4.69) is 20.8 Å². The second-order valence-corrected chi connectivity index (χ2v) is 6.55. The fraction of sp³-hybridized carbons (Fsp3) is 0.562. The lowest BCUT2D eigenvalue weighted by atomic mass is 9.91. The van der Waals surface area contributed by atoms with E-state index in [1.54, 1.807) is 0 Å². The Morgan fingerprint density at radius 1 is 1.26 bits per heavy atom. The van der Waals surface area contributed by atoms with E-state index in [9.17, 15) is 4.79 Å². The molecule has 0 aromatic heterocycles. The van der Waals surface area contributed by atoms with Crippen molar-refractivity contribution in [3.63, 3.8) is 0 Å². The van der Waals surface area contributed by atoms with Crippen LogP contribution in [0.3, 0.4) is 0 Å². The minimum Gasteiger partial charge on any atom is -0.398 e. The Labute approximate surface area is 116 Å². The van der Waals surface area contributed by atoms with E-state index in [0.717, 1.165) is 11.3 Å². The third-order valence-corrected chi connectivity index (χ3v) is 3.02. The predicted octanol–water partition coefficient (Wildman–Crippen LogP) is 3.44. The van der Waals surface area contributed by atoms with E-state index in [4.69, 9.17) is 5.73 Å². The highest BCUT2D eigenvalue weighted by Gasteiger charge is 2.23. The third-order valence-electron chi connectivity index (χ3n) is 3.02. The Bertz CT molecular complexity index is 433. The average Bonchev–Trinajstić information content (AvgIpc) is 2.24. The Morgan fingerprint density at radius 3 is 2.32 bits per heavy atom. The molecule has 1 rings (SSSR count). The summed E-state index contributed by atoms with van der Waals surface area (Å²) < 4.78 is 0. The van der Waals surface area contributed by atoms with Crippen molar-refractivity contribution < 1.29 is 4.79 Å². The van der Waals surface area contributed by atoms with Crippen molar-refractivity contribution in [2.45, 2.75) is 53.6 Å². The number of para-hydroxylation sites is 1. The molecule has 3 nitrogen and oxygen atoms in total. The minimum absolute atomic E-state index is 0.00640. The first-order valence-corrected chi connectivity index (χ1v) is 6.83. The zero-order chi connectivity index (χ0) is 14.6. The zero-order valence-corrected chi connectivity index (χ0v) is 12.7. The maximum absolute atomic E-state index is 12.4. The summed E-state index contributed by atoms with van der Waals surface area (Å²) in [5.74, 6) is 0.186. The van der Waals surface area contributed by atoms with Crippen molar-refractivity contribution in [2.75, 3.05) is 5.73 Å². The van der Waals surface area contributed by atoms with Crippen LogP contribution in [0.4, 0.5) is 5.69 Å². The van der Waals surface area contributed by atoms with Gasteiger partial charge in [0.15, 0.2) is 0 Å². The quantitative estimate of drug-likeness (QED) is 0.845. The highest BCUT2D eigenvalue weighted by Crippen LogP contribution is 2.22. The molecule has 0 heterocycles. The highest BCUT2D eigenvalue weighted by atomic mass is 16.2. The molecule has 0 aliphatic heterocycles. The summed E-state index contributed by atoms with van der Waals surface area (Å²) in [6, 6.07) is 7.90. The summed E-state index contributed by atoms with van der Waals surface area (Å²) >= 11 is 0. The van der Waals surface area contributed by atoms with Gasteiger partial charge in [-0.15, -0.1) is 0 Å². The second kappa shape index (κ2) is 6.09. The maximum atomic E-state index is 12.4. The van der Waals surface area contributed by atoms with Gasteiger partial charge in [-0.25, -0.2) is 0 Å². The molecule has 106 valence electrons. The van der Waals surface area contributed by atoms with Crippen LogP contribution >= 0.6 is 0 Å². The number of anilines is 1. The van der Waals surface area contributed by atoms with Gasteiger partial charge in [0.25, 0.3) is 0 Å². The standard InChI is InChI=1S/C16H26N2O/c1-12(2)18(15(19)10-16(3,4)5)11-13-8-6-7-9-14(13)17/h6-9,12H,10-11,17H2,1-5H3. The van der Waals surface area contributed by atoms with Gasteiger partial charge in [-0.2, -0.15) is 0 Å². The van der Waals surface area contributed by atoms with Gasteiger partial charge in [-0.05, 0) is 30.9 Å². The van der Waals surface area contributed by atoms with E-state index in [-0.39, 0.29) is 17.4 Å². The van der Waals surface area contributed by atoms with Gasteiger partial charge in [0.1, 0.15) is 0 Å². The Morgan fingerprint density at radius 2 is 1.84 bits per heavy atom. The number of carbonyl (C=O) groups is 1. The van der Waals surface area contributed by atoms with Gasteiger partial charge >= 0.3 is 0 Å². The summed E-state index contributed by atoms with van der Waals surface area (Å²) in [7, 11) is 0.